The minimum Gasteiger partial charge on any atom is -0.512 e. The Kier molecular flexibility index (Phi) is 12.0. The summed E-state index contributed by atoms with van der Waals surface area (Å²) in [6.45, 7) is 8.08. The highest BCUT2D eigenvalue weighted by atomic mass is 35.5. The zero-order chi connectivity index (χ0) is 37.6. The first-order valence-corrected chi connectivity index (χ1v) is 19.4. The molecule has 0 saturated heterocycles. The number of benzene rings is 2. The van der Waals surface area contributed by atoms with Crippen LogP contribution in [0.2, 0.25) is 8.67 Å². The molecule has 53 heavy (non-hydrogen) atoms. The van der Waals surface area contributed by atoms with Crippen molar-refractivity contribution in [3.8, 4) is 21.4 Å². The van der Waals surface area contributed by atoms with Gasteiger partial charge in [-0.05, 0) is 80.8 Å². The third kappa shape index (κ3) is 8.66. The summed E-state index contributed by atoms with van der Waals surface area (Å²) in [6, 6.07) is 22.3. The first kappa shape index (κ1) is 37.8. The summed E-state index contributed by atoms with van der Waals surface area (Å²) in [4.78, 5) is 43.7. The maximum atomic E-state index is 12.0. The van der Waals surface area contributed by atoms with E-state index in [0.717, 1.165) is 80.0 Å². The number of ketones is 1. The Labute approximate surface area is 325 Å². The van der Waals surface area contributed by atoms with Gasteiger partial charge < -0.3 is 15.7 Å². The summed E-state index contributed by atoms with van der Waals surface area (Å²) < 4.78 is 1.40. The van der Waals surface area contributed by atoms with Crippen molar-refractivity contribution in [2.45, 2.75) is 53.4 Å². The van der Waals surface area contributed by atoms with E-state index in [4.69, 9.17) is 28.2 Å². The highest BCUT2D eigenvalue weighted by Gasteiger charge is 2.24. The molecule has 6 aromatic rings. The Hall–Kier alpha value is -4.94. The number of nitrogens with zero attached hydrogens (tertiary/aromatic N) is 4. The number of Topliss-reactive ketones (excluding diaryl/α,β-unsaturated/α-hetero) is 1. The molecule has 2 aromatic carbocycles. The van der Waals surface area contributed by atoms with Crippen molar-refractivity contribution >= 4 is 86.5 Å². The van der Waals surface area contributed by atoms with Crippen molar-refractivity contribution in [1.82, 2.24) is 19.9 Å². The normalized spacial score (nSPS) is 12.5. The maximum absolute atomic E-state index is 12.0. The van der Waals surface area contributed by atoms with Crippen molar-refractivity contribution in [3.63, 3.8) is 0 Å². The van der Waals surface area contributed by atoms with Crippen LogP contribution in [-0.4, -0.2) is 37.1 Å². The average molecular weight is 784 g/mol. The van der Waals surface area contributed by atoms with Gasteiger partial charge in [0.2, 0.25) is 0 Å². The van der Waals surface area contributed by atoms with E-state index in [-0.39, 0.29) is 11.5 Å². The molecule has 0 aliphatic heterocycles. The lowest BCUT2D eigenvalue weighted by molar-refractivity contribution is -0.113. The summed E-state index contributed by atoms with van der Waals surface area (Å²) in [5, 5.41) is 16.6. The van der Waals surface area contributed by atoms with Crippen LogP contribution >= 0.6 is 45.9 Å². The van der Waals surface area contributed by atoms with Gasteiger partial charge in [-0.15, -0.1) is 22.7 Å². The van der Waals surface area contributed by atoms with Crippen LogP contribution in [0.1, 0.15) is 65.1 Å². The van der Waals surface area contributed by atoms with Gasteiger partial charge in [-0.3, -0.25) is 9.59 Å². The van der Waals surface area contributed by atoms with Gasteiger partial charge in [0.15, 0.2) is 23.7 Å². The fourth-order valence-electron chi connectivity index (χ4n) is 6.00. The Balaban J connectivity index is 0.000000185. The number of rotatable bonds is 10. The first-order chi connectivity index (χ1) is 25.6. The van der Waals surface area contributed by atoms with Crippen molar-refractivity contribution < 1.29 is 14.7 Å². The molecule has 4 heterocycles. The molecular formula is C40H36Cl2N6O3S2. The molecule has 270 valence electrons. The first-order valence-electron chi connectivity index (χ1n) is 17.0. The lowest BCUT2D eigenvalue weighted by Crippen LogP contribution is -2.06. The lowest BCUT2D eigenvalue weighted by atomic mass is 10.0. The number of aldehydes is 1. The molecule has 7 rings (SSSR count). The van der Waals surface area contributed by atoms with Crippen LogP contribution in [0.5, 0.6) is 0 Å². The average Bonchev–Trinajstić information content (AvgIpc) is 3.88. The molecule has 3 N–H and O–H groups in total. The number of nitrogens with one attached hydrogen (secondary N) is 2. The number of thiophene rings is 2. The van der Waals surface area contributed by atoms with Crippen LogP contribution < -0.4 is 10.6 Å². The van der Waals surface area contributed by atoms with Crippen molar-refractivity contribution in [3.05, 3.63) is 121 Å². The third-order valence-electron chi connectivity index (χ3n) is 8.66. The minimum atomic E-state index is -0.0119. The Morgan fingerprint density at radius 3 is 1.75 bits per heavy atom. The van der Waals surface area contributed by atoms with E-state index >= 15 is 0 Å². The predicted octanol–water partition coefficient (Wildman–Crippen LogP) is 11.4. The minimum absolute atomic E-state index is 0.0119. The van der Waals surface area contributed by atoms with E-state index in [0.29, 0.717) is 44.3 Å². The zero-order valence-corrected chi connectivity index (χ0v) is 32.6. The summed E-state index contributed by atoms with van der Waals surface area (Å²) >= 11 is 15.0. The zero-order valence-electron chi connectivity index (χ0n) is 29.5. The number of para-hydroxylation sites is 1. The van der Waals surface area contributed by atoms with E-state index in [2.05, 4.69) is 39.4 Å². The molecule has 9 nitrogen and oxygen atoms in total. The van der Waals surface area contributed by atoms with Crippen LogP contribution in [0.15, 0.2) is 78.6 Å². The number of aryl methyl sites for hydroxylation is 2. The van der Waals surface area contributed by atoms with Crippen LogP contribution in [0.4, 0.5) is 23.0 Å². The number of aliphatic hydroxyl groups is 1. The lowest BCUT2D eigenvalue weighted by Gasteiger charge is -2.14. The van der Waals surface area contributed by atoms with Gasteiger partial charge in [0.1, 0.15) is 17.4 Å². The van der Waals surface area contributed by atoms with Crippen molar-refractivity contribution in [2.75, 3.05) is 10.6 Å². The molecule has 1 aliphatic rings. The molecule has 0 saturated carbocycles. The van der Waals surface area contributed by atoms with Gasteiger partial charge in [0.05, 0.1) is 29.7 Å². The monoisotopic (exact) mass is 782 g/mol. The van der Waals surface area contributed by atoms with Crippen molar-refractivity contribution in [1.29, 1.82) is 0 Å². The molecule has 0 fully saturated rings. The standard InChI is InChI=1S/C22H20ClN3O2S.C18H16ClN3OS/c1-3-15-12(2)24-22(18-10-11-19(23)29-18)26-21(15)25-14-6-4-13(5-7-14)20-16(27)8-9-17(20)28;1-3-13-11(2)20-18(15-8-9-16(19)24-15)22-17(13)21-14-7-5-4-6-12(14)10-23/h4-7,10-11,27H,3,8-9H2,1-2H3,(H,24,25,26);4-10H,3H2,1-2H3,(H,20,21,22). The predicted molar refractivity (Wildman–Crippen MR) is 218 cm³/mol. The number of hydrogen-bond donors (Lipinski definition) is 3. The Morgan fingerprint density at radius 2 is 1.28 bits per heavy atom. The Morgan fingerprint density at radius 1 is 0.736 bits per heavy atom. The van der Waals surface area contributed by atoms with E-state index in [1.165, 1.54) is 22.7 Å². The highest BCUT2D eigenvalue weighted by molar-refractivity contribution is 7.19. The summed E-state index contributed by atoms with van der Waals surface area (Å²) in [6.07, 6.45) is 3.22. The number of anilines is 4. The summed E-state index contributed by atoms with van der Waals surface area (Å²) in [7, 11) is 0. The van der Waals surface area contributed by atoms with Crippen LogP contribution in [0, 0.1) is 13.8 Å². The van der Waals surface area contributed by atoms with Crippen LogP contribution in [-0.2, 0) is 17.6 Å². The molecule has 0 spiro atoms. The van der Waals surface area contributed by atoms with E-state index in [1.54, 1.807) is 6.07 Å². The quantitative estimate of drug-likeness (QED) is 0.116. The van der Waals surface area contributed by atoms with Crippen LogP contribution in [0.3, 0.4) is 0 Å². The molecule has 0 atom stereocenters. The van der Waals surface area contributed by atoms with Gasteiger partial charge in [0, 0.05) is 46.6 Å². The molecule has 0 unspecified atom stereocenters. The number of carbonyl (C=O) groups is 2. The smallest absolute Gasteiger partial charge is 0.171 e. The molecule has 1 aliphatic carbocycles. The molecule has 13 heteroatoms. The third-order valence-corrected chi connectivity index (χ3v) is 11.1. The Bertz CT molecular complexity index is 2340. The fourth-order valence-corrected chi connectivity index (χ4v) is 7.96. The van der Waals surface area contributed by atoms with Crippen molar-refractivity contribution in [2.24, 2.45) is 0 Å². The number of halogens is 2. The van der Waals surface area contributed by atoms with E-state index < -0.39 is 0 Å². The number of aromatic nitrogens is 4. The summed E-state index contributed by atoms with van der Waals surface area (Å²) in [5.74, 6) is 2.91. The second-order valence-electron chi connectivity index (χ2n) is 12.1. The largest absolute Gasteiger partial charge is 0.512 e. The second kappa shape index (κ2) is 16.8. The SMILES string of the molecule is CCc1c(C)nc(-c2ccc(Cl)s2)nc1Nc1ccc(C2=C(O)CCC2=O)cc1.CCc1c(C)nc(-c2ccc(Cl)s2)nc1Nc1ccccc1C=O. The van der Waals surface area contributed by atoms with E-state index in [1.807, 2.05) is 80.6 Å². The summed E-state index contributed by atoms with van der Waals surface area (Å²) in [5.41, 5.74) is 7.26. The number of aliphatic hydroxyl groups excluding tert-OH is 1. The van der Waals surface area contributed by atoms with Gasteiger partial charge in [-0.1, -0.05) is 61.3 Å². The fraction of sp³-hybridized carbons (Fsp3) is 0.200. The molecular weight excluding hydrogens is 748 g/mol. The van der Waals surface area contributed by atoms with Crippen LogP contribution in [0.25, 0.3) is 27.0 Å². The molecule has 4 aromatic heterocycles. The highest BCUT2D eigenvalue weighted by Crippen LogP contribution is 2.34. The van der Waals surface area contributed by atoms with Gasteiger partial charge in [0.25, 0.3) is 0 Å². The molecule has 0 radical (unpaired) electrons. The number of hydrogen-bond acceptors (Lipinski definition) is 11. The van der Waals surface area contributed by atoms with E-state index in [9.17, 15) is 14.7 Å². The molecule has 0 amide bonds. The van der Waals surface area contributed by atoms with Gasteiger partial charge in [-0.25, -0.2) is 19.9 Å². The van der Waals surface area contributed by atoms with Gasteiger partial charge in [-0.2, -0.15) is 0 Å². The topological polar surface area (TPSA) is 130 Å². The number of allylic oxidation sites excluding steroid dienone is 2. The maximum Gasteiger partial charge on any atom is 0.171 e. The van der Waals surface area contributed by atoms with Gasteiger partial charge >= 0.3 is 0 Å². The molecule has 0 bridgehead atoms. The number of carbonyl (C=O) groups excluding carboxylic acids is 2. The second-order valence-corrected chi connectivity index (χ2v) is 15.5.